The summed E-state index contributed by atoms with van der Waals surface area (Å²) >= 11 is 12.6. The second-order valence-electron chi connectivity index (χ2n) is 7.54. The second kappa shape index (κ2) is 7.97. The van der Waals surface area contributed by atoms with Gasteiger partial charge in [-0.2, -0.15) is 5.10 Å². The number of hydrogen-bond donors (Lipinski definition) is 1. The third-order valence-electron chi connectivity index (χ3n) is 5.73. The molecule has 0 spiro atoms. The minimum atomic E-state index is -0.378. The van der Waals surface area contributed by atoms with Gasteiger partial charge in [0.05, 0.1) is 22.3 Å². The molecular formula is C20H22Cl2N4O3. The Kier molecular flexibility index (Phi) is 5.55. The van der Waals surface area contributed by atoms with Crippen LogP contribution in [0.1, 0.15) is 41.9 Å². The first-order valence-electron chi connectivity index (χ1n) is 9.66. The number of rotatable bonds is 3. The van der Waals surface area contributed by atoms with Gasteiger partial charge in [0, 0.05) is 24.2 Å². The fraction of sp³-hybridized carbons (Fsp3) is 0.450. The van der Waals surface area contributed by atoms with E-state index in [1.54, 1.807) is 18.2 Å². The van der Waals surface area contributed by atoms with Crippen molar-refractivity contribution < 1.29 is 14.7 Å². The number of pyridine rings is 1. The number of aliphatic hydroxyl groups is 1. The van der Waals surface area contributed by atoms with E-state index < -0.39 is 0 Å². The van der Waals surface area contributed by atoms with Crippen molar-refractivity contribution >= 4 is 46.6 Å². The van der Waals surface area contributed by atoms with Gasteiger partial charge in [-0.15, -0.1) is 0 Å². The fourth-order valence-electron chi connectivity index (χ4n) is 4.16. The number of amides is 2. The Balaban J connectivity index is 1.53. The number of aliphatic hydroxyl groups excluding tert-OH is 1. The van der Waals surface area contributed by atoms with E-state index in [0.717, 1.165) is 12.8 Å². The van der Waals surface area contributed by atoms with Gasteiger partial charge < -0.3 is 14.9 Å². The third-order valence-corrected chi connectivity index (χ3v) is 6.32. The number of carbonyl (C=O) groups is 2. The molecule has 3 heterocycles. The van der Waals surface area contributed by atoms with Gasteiger partial charge in [0.15, 0.2) is 5.69 Å². The van der Waals surface area contributed by atoms with Crippen LogP contribution in [-0.4, -0.2) is 68.1 Å². The Hall–Kier alpha value is -2.09. The van der Waals surface area contributed by atoms with Crippen LogP contribution in [-0.2, 0) is 4.79 Å². The van der Waals surface area contributed by atoms with Crippen LogP contribution in [0.15, 0.2) is 18.7 Å². The number of fused-ring (bicyclic) bond motifs is 1. The summed E-state index contributed by atoms with van der Waals surface area (Å²) in [6.45, 7) is 4.63. The van der Waals surface area contributed by atoms with Gasteiger partial charge in [0.25, 0.3) is 5.91 Å². The summed E-state index contributed by atoms with van der Waals surface area (Å²) in [5.74, 6) is -0.461. The summed E-state index contributed by atoms with van der Waals surface area (Å²) in [7, 11) is 0. The van der Waals surface area contributed by atoms with E-state index in [1.165, 1.54) is 9.42 Å². The molecule has 2 aromatic heterocycles. The minimum absolute atomic E-state index is 0.00282. The van der Waals surface area contributed by atoms with E-state index >= 15 is 0 Å². The maximum absolute atomic E-state index is 13.0. The molecule has 0 aromatic carbocycles. The molecule has 1 saturated carbocycles. The molecule has 9 heteroatoms. The number of aromatic nitrogens is 2. The SMILES string of the molecule is C=Cc1cc(Cl)cc2c(Cl)c(C(=O)N3CCN(C4CCC(O)CC4)C(=O)C3)nn12. The van der Waals surface area contributed by atoms with Crippen molar-refractivity contribution in [3.8, 4) is 0 Å². The lowest BCUT2D eigenvalue weighted by atomic mass is 9.91. The van der Waals surface area contributed by atoms with Crippen molar-refractivity contribution in [3.05, 3.63) is 40.1 Å². The zero-order valence-corrected chi connectivity index (χ0v) is 17.4. The molecule has 4 rings (SSSR count). The standard InChI is InChI=1S/C20H22Cl2N4O3/c1-2-13-9-12(21)10-16-18(22)19(23-26(13)16)20(29)24-7-8-25(17(28)11-24)14-3-5-15(27)6-4-14/h2,9-10,14-15,27H,1,3-8,11H2. The third kappa shape index (κ3) is 3.74. The molecule has 2 aliphatic rings. The molecule has 7 nitrogen and oxygen atoms in total. The highest BCUT2D eigenvalue weighted by Gasteiger charge is 2.35. The fourth-order valence-corrected chi connectivity index (χ4v) is 4.62. The molecule has 1 N–H and O–H groups in total. The van der Waals surface area contributed by atoms with Gasteiger partial charge in [-0.25, -0.2) is 4.52 Å². The van der Waals surface area contributed by atoms with Crippen molar-refractivity contribution in [2.24, 2.45) is 0 Å². The topological polar surface area (TPSA) is 78.2 Å². The first kappa shape index (κ1) is 20.2. The lowest BCUT2D eigenvalue weighted by Crippen LogP contribution is -2.56. The first-order chi connectivity index (χ1) is 13.9. The molecule has 0 atom stereocenters. The summed E-state index contributed by atoms with van der Waals surface area (Å²) in [4.78, 5) is 29.1. The lowest BCUT2D eigenvalue weighted by molar-refractivity contribution is -0.138. The average molecular weight is 437 g/mol. The van der Waals surface area contributed by atoms with Gasteiger partial charge in [0.2, 0.25) is 5.91 Å². The van der Waals surface area contributed by atoms with E-state index in [0.29, 0.717) is 42.2 Å². The van der Waals surface area contributed by atoms with Gasteiger partial charge in [-0.1, -0.05) is 29.8 Å². The van der Waals surface area contributed by atoms with Crippen LogP contribution in [0.2, 0.25) is 10.0 Å². The number of nitrogens with zero attached hydrogens (tertiary/aromatic N) is 4. The average Bonchev–Trinajstić information content (AvgIpc) is 3.04. The molecule has 154 valence electrons. The Bertz CT molecular complexity index is 982. The highest BCUT2D eigenvalue weighted by molar-refractivity contribution is 6.37. The van der Waals surface area contributed by atoms with E-state index in [1.807, 2.05) is 4.90 Å². The van der Waals surface area contributed by atoms with Gasteiger partial charge in [-0.3, -0.25) is 9.59 Å². The smallest absolute Gasteiger partial charge is 0.276 e. The molecule has 1 saturated heterocycles. The number of hydrogen-bond acceptors (Lipinski definition) is 4. The lowest BCUT2D eigenvalue weighted by Gasteiger charge is -2.41. The van der Waals surface area contributed by atoms with Crippen molar-refractivity contribution in [1.82, 2.24) is 19.4 Å². The quantitative estimate of drug-likeness (QED) is 0.801. The molecule has 0 unspecified atom stereocenters. The van der Waals surface area contributed by atoms with Gasteiger partial charge in [0.1, 0.15) is 6.54 Å². The van der Waals surface area contributed by atoms with Crippen LogP contribution in [0.3, 0.4) is 0 Å². The monoisotopic (exact) mass is 436 g/mol. The Morgan fingerprint density at radius 3 is 2.59 bits per heavy atom. The number of carbonyl (C=O) groups excluding carboxylic acids is 2. The van der Waals surface area contributed by atoms with Gasteiger partial charge >= 0.3 is 0 Å². The molecule has 1 aliphatic carbocycles. The van der Waals surface area contributed by atoms with E-state index in [2.05, 4.69) is 11.7 Å². The zero-order valence-electron chi connectivity index (χ0n) is 15.9. The predicted molar refractivity (Wildman–Crippen MR) is 111 cm³/mol. The number of halogens is 2. The molecule has 0 radical (unpaired) electrons. The van der Waals surface area contributed by atoms with E-state index in [9.17, 15) is 14.7 Å². The van der Waals surface area contributed by atoms with Crippen LogP contribution >= 0.6 is 23.2 Å². The molecular weight excluding hydrogens is 415 g/mol. The van der Waals surface area contributed by atoms with Crippen LogP contribution < -0.4 is 0 Å². The highest BCUT2D eigenvalue weighted by atomic mass is 35.5. The predicted octanol–water partition coefficient (Wildman–Crippen LogP) is 2.87. The minimum Gasteiger partial charge on any atom is -0.393 e. The molecule has 0 bridgehead atoms. The van der Waals surface area contributed by atoms with Crippen LogP contribution in [0.25, 0.3) is 11.6 Å². The normalized spacial score (nSPS) is 22.9. The van der Waals surface area contributed by atoms with Crippen LogP contribution in [0, 0.1) is 0 Å². The molecule has 2 aromatic rings. The van der Waals surface area contributed by atoms with Crippen molar-refractivity contribution in [2.75, 3.05) is 19.6 Å². The molecule has 1 aliphatic heterocycles. The summed E-state index contributed by atoms with van der Waals surface area (Å²) < 4.78 is 1.53. The Morgan fingerprint density at radius 1 is 1.21 bits per heavy atom. The summed E-state index contributed by atoms with van der Waals surface area (Å²) in [5, 5.41) is 14.7. The Morgan fingerprint density at radius 2 is 1.93 bits per heavy atom. The zero-order chi connectivity index (χ0) is 20.7. The molecule has 2 amide bonds. The van der Waals surface area contributed by atoms with E-state index in [4.69, 9.17) is 23.2 Å². The van der Waals surface area contributed by atoms with Crippen LogP contribution in [0.5, 0.6) is 0 Å². The summed E-state index contributed by atoms with van der Waals surface area (Å²) in [6, 6.07) is 3.46. The summed E-state index contributed by atoms with van der Waals surface area (Å²) in [5.41, 5.74) is 1.23. The van der Waals surface area contributed by atoms with Crippen molar-refractivity contribution in [3.63, 3.8) is 0 Å². The van der Waals surface area contributed by atoms with Crippen molar-refractivity contribution in [2.45, 2.75) is 37.8 Å². The highest BCUT2D eigenvalue weighted by Crippen LogP contribution is 2.29. The van der Waals surface area contributed by atoms with Crippen LogP contribution in [0.4, 0.5) is 0 Å². The molecule has 29 heavy (non-hydrogen) atoms. The largest absolute Gasteiger partial charge is 0.393 e. The van der Waals surface area contributed by atoms with E-state index in [-0.39, 0.29) is 41.2 Å². The summed E-state index contributed by atoms with van der Waals surface area (Å²) in [6.07, 6.45) is 4.33. The maximum atomic E-state index is 13.0. The number of piperazine rings is 1. The maximum Gasteiger partial charge on any atom is 0.276 e. The second-order valence-corrected chi connectivity index (χ2v) is 8.35. The van der Waals surface area contributed by atoms with Gasteiger partial charge in [-0.05, 0) is 43.9 Å². The van der Waals surface area contributed by atoms with Crippen molar-refractivity contribution in [1.29, 1.82) is 0 Å². The molecule has 2 fully saturated rings. The first-order valence-corrected chi connectivity index (χ1v) is 10.4. The Labute approximate surface area is 178 Å².